The molecule has 1 aromatic heterocycles. The van der Waals surface area contributed by atoms with E-state index >= 15 is 0 Å². The van der Waals surface area contributed by atoms with Crippen molar-refractivity contribution in [1.29, 1.82) is 0 Å². The van der Waals surface area contributed by atoms with Crippen LogP contribution in [0.1, 0.15) is 39.9 Å². The van der Waals surface area contributed by atoms with Crippen LogP contribution in [0, 0.1) is 0 Å². The van der Waals surface area contributed by atoms with Gasteiger partial charge in [0, 0.05) is 49.5 Å². The molecule has 0 saturated heterocycles. The molecule has 5 heteroatoms. The molecule has 158 valence electrons. The van der Waals surface area contributed by atoms with Crippen molar-refractivity contribution in [3.05, 3.63) is 75.1 Å². The number of carbonyl (C=O) groups excluding carboxylic acids is 1. The first-order chi connectivity index (χ1) is 15.0. The molecule has 0 unspecified atom stereocenters. The molecule has 3 aromatic rings. The van der Waals surface area contributed by atoms with Crippen molar-refractivity contribution < 1.29 is 9.21 Å². The maximum Gasteiger partial charge on any atom is 0.347 e. The summed E-state index contributed by atoms with van der Waals surface area (Å²) in [5.74, 6) is -0.333. The molecule has 3 heterocycles. The summed E-state index contributed by atoms with van der Waals surface area (Å²) in [6, 6.07) is 11.7. The van der Waals surface area contributed by atoms with Crippen LogP contribution in [0.4, 0.5) is 11.4 Å². The molecule has 0 N–H and O–H groups in total. The highest BCUT2D eigenvalue weighted by Gasteiger charge is 2.27. The van der Waals surface area contributed by atoms with Crippen LogP contribution < -0.4 is 15.4 Å². The Morgan fingerprint density at radius 1 is 1.06 bits per heavy atom. The third-order valence-corrected chi connectivity index (χ3v) is 6.32. The lowest BCUT2D eigenvalue weighted by Gasteiger charge is -2.37. The zero-order valence-electron chi connectivity index (χ0n) is 18.0. The Hall–Kier alpha value is -3.34. The van der Waals surface area contributed by atoms with Crippen LogP contribution in [0.25, 0.3) is 17.0 Å². The molecule has 0 spiro atoms. The van der Waals surface area contributed by atoms with Crippen LogP contribution in [0.5, 0.6) is 0 Å². The maximum absolute atomic E-state index is 12.8. The van der Waals surface area contributed by atoms with E-state index in [2.05, 4.69) is 11.0 Å². The van der Waals surface area contributed by atoms with Crippen molar-refractivity contribution in [2.75, 3.05) is 37.0 Å². The number of aryl methyl sites for hydroxylation is 2. The van der Waals surface area contributed by atoms with Gasteiger partial charge in [-0.25, -0.2) is 4.79 Å². The molecule has 2 aliphatic heterocycles. The van der Waals surface area contributed by atoms with Crippen molar-refractivity contribution in [1.82, 2.24) is 0 Å². The molecular formula is C26H26N2O3. The van der Waals surface area contributed by atoms with Gasteiger partial charge in [0.15, 0.2) is 5.78 Å². The molecule has 2 aliphatic rings. The Labute approximate surface area is 181 Å². The predicted octanol–water partition coefficient (Wildman–Crippen LogP) is 4.45. The highest BCUT2D eigenvalue weighted by molar-refractivity contribution is 6.08. The lowest BCUT2D eigenvalue weighted by Crippen LogP contribution is -2.34. The number of ketones is 1. The van der Waals surface area contributed by atoms with Gasteiger partial charge in [0.1, 0.15) is 11.1 Å². The summed E-state index contributed by atoms with van der Waals surface area (Å²) in [7, 11) is 3.96. The van der Waals surface area contributed by atoms with Crippen molar-refractivity contribution in [2.24, 2.45) is 0 Å². The van der Waals surface area contributed by atoms with E-state index in [1.165, 1.54) is 17.3 Å². The summed E-state index contributed by atoms with van der Waals surface area (Å²) in [6.07, 6.45) is 7.32. The monoisotopic (exact) mass is 414 g/mol. The van der Waals surface area contributed by atoms with E-state index in [0.29, 0.717) is 5.58 Å². The summed E-state index contributed by atoms with van der Waals surface area (Å²) < 4.78 is 5.74. The van der Waals surface area contributed by atoms with E-state index in [1.807, 2.05) is 43.3 Å². The molecular weight excluding hydrogens is 388 g/mol. The first-order valence-electron chi connectivity index (χ1n) is 10.9. The average Bonchev–Trinajstić information content (AvgIpc) is 2.78. The van der Waals surface area contributed by atoms with E-state index in [0.717, 1.165) is 61.0 Å². The van der Waals surface area contributed by atoms with Gasteiger partial charge in [-0.2, -0.15) is 0 Å². The number of benzene rings is 2. The summed E-state index contributed by atoms with van der Waals surface area (Å²) in [4.78, 5) is 29.9. The summed E-state index contributed by atoms with van der Waals surface area (Å²) >= 11 is 0. The Kier molecular flexibility index (Phi) is 4.89. The number of nitrogens with zero attached hydrogens (tertiary/aromatic N) is 2. The molecule has 0 saturated carbocycles. The second-order valence-electron chi connectivity index (χ2n) is 8.61. The van der Waals surface area contributed by atoms with E-state index in [-0.39, 0.29) is 11.3 Å². The van der Waals surface area contributed by atoms with Gasteiger partial charge in [-0.1, -0.05) is 18.2 Å². The van der Waals surface area contributed by atoms with Gasteiger partial charge in [0.25, 0.3) is 0 Å². The highest BCUT2D eigenvalue weighted by atomic mass is 16.4. The normalized spacial score (nSPS) is 15.4. The van der Waals surface area contributed by atoms with Crippen molar-refractivity contribution in [3.8, 4) is 0 Å². The van der Waals surface area contributed by atoms with Gasteiger partial charge in [0.2, 0.25) is 0 Å². The number of fused-ring (bicyclic) bond motifs is 2. The first-order valence-corrected chi connectivity index (χ1v) is 10.9. The predicted molar refractivity (Wildman–Crippen MR) is 125 cm³/mol. The SMILES string of the molecule is CN(C)c1ccc(/C=C/C(=O)c2cc3cc4c5c(c3oc2=O)CCCN5CCC4)cc1. The highest BCUT2D eigenvalue weighted by Crippen LogP contribution is 2.39. The van der Waals surface area contributed by atoms with Gasteiger partial charge in [-0.15, -0.1) is 0 Å². The summed E-state index contributed by atoms with van der Waals surface area (Å²) in [5.41, 5.74) is 5.86. The fourth-order valence-electron chi connectivity index (χ4n) is 4.76. The van der Waals surface area contributed by atoms with Gasteiger partial charge in [-0.3, -0.25) is 4.79 Å². The zero-order chi connectivity index (χ0) is 21.5. The minimum atomic E-state index is -0.561. The average molecular weight is 415 g/mol. The number of anilines is 2. The largest absolute Gasteiger partial charge is 0.422 e. The van der Waals surface area contributed by atoms with Gasteiger partial charge in [-0.05, 0) is 67.2 Å². The van der Waals surface area contributed by atoms with E-state index in [9.17, 15) is 9.59 Å². The molecule has 0 bridgehead atoms. The summed E-state index contributed by atoms with van der Waals surface area (Å²) in [6.45, 7) is 2.12. The van der Waals surface area contributed by atoms with Crippen LogP contribution in [0.15, 0.2) is 51.7 Å². The smallest absolute Gasteiger partial charge is 0.347 e. The van der Waals surface area contributed by atoms with E-state index in [4.69, 9.17) is 4.42 Å². The molecule has 5 rings (SSSR count). The number of hydrogen-bond acceptors (Lipinski definition) is 5. The molecule has 31 heavy (non-hydrogen) atoms. The second-order valence-corrected chi connectivity index (χ2v) is 8.61. The maximum atomic E-state index is 12.8. The standard InChI is InChI=1S/C26H26N2O3/c1-27(2)20-10-7-17(8-11-20)9-12-23(29)22-16-19-15-18-5-3-13-28-14-4-6-21(24(18)28)25(19)31-26(22)30/h7-12,15-16H,3-6,13-14H2,1-2H3/b12-9+. The lowest BCUT2D eigenvalue weighted by atomic mass is 9.90. The van der Waals surface area contributed by atoms with Gasteiger partial charge < -0.3 is 14.2 Å². The molecule has 0 fully saturated rings. The fraction of sp³-hybridized carbons (Fsp3) is 0.308. The van der Waals surface area contributed by atoms with E-state index in [1.54, 1.807) is 12.1 Å². The number of carbonyl (C=O) groups is 1. The van der Waals surface area contributed by atoms with Crippen LogP contribution >= 0.6 is 0 Å². The third-order valence-electron chi connectivity index (χ3n) is 6.32. The van der Waals surface area contributed by atoms with Crippen LogP contribution in [-0.4, -0.2) is 33.0 Å². The Morgan fingerprint density at radius 3 is 2.55 bits per heavy atom. The Bertz CT molecular complexity index is 1250. The number of hydrogen-bond donors (Lipinski definition) is 0. The molecule has 0 atom stereocenters. The minimum absolute atomic E-state index is 0.0873. The number of allylic oxidation sites excluding steroid dienone is 1. The van der Waals surface area contributed by atoms with Crippen LogP contribution in [-0.2, 0) is 12.8 Å². The zero-order valence-corrected chi connectivity index (χ0v) is 18.0. The van der Waals surface area contributed by atoms with Gasteiger partial charge >= 0.3 is 5.63 Å². The van der Waals surface area contributed by atoms with Crippen molar-refractivity contribution in [2.45, 2.75) is 25.7 Å². The lowest BCUT2D eigenvalue weighted by molar-refractivity contribution is 0.104. The topological polar surface area (TPSA) is 53.8 Å². The van der Waals surface area contributed by atoms with Crippen molar-refractivity contribution >= 4 is 34.2 Å². The minimum Gasteiger partial charge on any atom is -0.422 e. The van der Waals surface area contributed by atoms with Gasteiger partial charge in [0.05, 0.1) is 0 Å². The Balaban J connectivity index is 1.50. The molecule has 2 aromatic carbocycles. The van der Waals surface area contributed by atoms with E-state index < -0.39 is 5.63 Å². The molecule has 5 nitrogen and oxygen atoms in total. The summed E-state index contributed by atoms with van der Waals surface area (Å²) in [5, 5.41) is 0.851. The quantitative estimate of drug-likeness (QED) is 0.359. The molecule has 0 aliphatic carbocycles. The Morgan fingerprint density at radius 2 is 1.81 bits per heavy atom. The molecule has 0 radical (unpaired) electrons. The second kappa shape index (κ2) is 7.73. The van der Waals surface area contributed by atoms with Crippen molar-refractivity contribution in [3.63, 3.8) is 0 Å². The van der Waals surface area contributed by atoms with Crippen LogP contribution in [0.2, 0.25) is 0 Å². The molecule has 0 amide bonds. The first kappa shape index (κ1) is 19.6. The fourth-order valence-corrected chi connectivity index (χ4v) is 4.76. The third kappa shape index (κ3) is 3.54. The van der Waals surface area contributed by atoms with Crippen LogP contribution in [0.3, 0.4) is 0 Å². The number of rotatable bonds is 4.